The van der Waals surface area contributed by atoms with E-state index in [2.05, 4.69) is 30.3 Å². The molecule has 3 heteroatoms. The minimum atomic E-state index is 0.680. The van der Waals surface area contributed by atoms with Crippen molar-refractivity contribution in [2.75, 3.05) is 0 Å². The van der Waals surface area contributed by atoms with E-state index in [1.807, 2.05) is 36.4 Å². The molecule has 0 N–H and O–H groups in total. The van der Waals surface area contributed by atoms with Gasteiger partial charge in [-0.05, 0) is 59.9 Å². The summed E-state index contributed by atoms with van der Waals surface area (Å²) in [4.78, 5) is 0. The van der Waals surface area contributed by atoms with Crippen molar-refractivity contribution in [1.82, 2.24) is 0 Å². The van der Waals surface area contributed by atoms with Gasteiger partial charge in [-0.2, -0.15) is 5.26 Å². The molecule has 0 amide bonds. The molecule has 0 saturated heterocycles. The number of halogens is 2. The zero-order chi connectivity index (χ0) is 16.9. The van der Waals surface area contributed by atoms with Crippen molar-refractivity contribution in [3.05, 3.63) is 93.5 Å². The fourth-order valence-electron chi connectivity index (χ4n) is 2.60. The molecule has 3 rings (SSSR count). The van der Waals surface area contributed by atoms with Crippen LogP contribution in [0.5, 0.6) is 0 Å². The molecule has 0 aromatic heterocycles. The first-order valence-electron chi connectivity index (χ1n) is 7.69. The molecular formula is C21H15Cl2N. The molecule has 0 heterocycles. The van der Waals surface area contributed by atoms with Crippen molar-refractivity contribution >= 4 is 23.2 Å². The fourth-order valence-corrected chi connectivity index (χ4v) is 3.00. The van der Waals surface area contributed by atoms with Crippen LogP contribution in [0.15, 0.2) is 66.7 Å². The zero-order valence-corrected chi connectivity index (χ0v) is 14.5. The van der Waals surface area contributed by atoms with E-state index in [-0.39, 0.29) is 0 Å². The average Bonchev–Trinajstić information content (AvgIpc) is 2.63. The molecule has 0 fully saturated rings. The second kappa shape index (κ2) is 7.53. The van der Waals surface area contributed by atoms with Gasteiger partial charge in [0.1, 0.15) is 0 Å². The minimum absolute atomic E-state index is 0.680. The van der Waals surface area contributed by atoms with E-state index in [4.69, 9.17) is 28.5 Å². The maximum absolute atomic E-state index is 8.83. The lowest BCUT2D eigenvalue weighted by Gasteiger charge is -2.07. The Morgan fingerprint density at radius 1 is 0.750 bits per heavy atom. The molecule has 0 saturated carbocycles. The molecule has 0 aliphatic rings. The lowest BCUT2D eigenvalue weighted by atomic mass is 10.00. The fraction of sp³-hybridized carbons (Fsp3) is 0.0952. The number of hydrogen-bond acceptors (Lipinski definition) is 1. The molecule has 3 aromatic carbocycles. The van der Waals surface area contributed by atoms with E-state index in [1.165, 1.54) is 11.1 Å². The summed E-state index contributed by atoms with van der Waals surface area (Å²) in [7, 11) is 0. The topological polar surface area (TPSA) is 23.8 Å². The minimum Gasteiger partial charge on any atom is -0.192 e. The summed E-state index contributed by atoms with van der Waals surface area (Å²) in [5, 5.41) is 10.2. The Hall–Kier alpha value is -2.27. The van der Waals surface area contributed by atoms with Crippen LogP contribution in [0.2, 0.25) is 10.0 Å². The number of nitriles is 1. The van der Waals surface area contributed by atoms with E-state index >= 15 is 0 Å². The van der Waals surface area contributed by atoms with E-state index in [0.29, 0.717) is 15.6 Å². The molecular weight excluding hydrogens is 337 g/mol. The van der Waals surface area contributed by atoms with Crippen molar-refractivity contribution in [2.45, 2.75) is 12.8 Å². The molecule has 0 aliphatic heterocycles. The van der Waals surface area contributed by atoms with Gasteiger partial charge in [-0.25, -0.2) is 0 Å². The number of rotatable bonds is 4. The number of hydrogen-bond donors (Lipinski definition) is 0. The second-order valence-electron chi connectivity index (χ2n) is 5.63. The zero-order valence-electron chi connectivity index (χ0n) is 13.0. The van der Waals surface area contributed by atoms with Crippen LogP contribution in [0.4, 0.5) is 0 Å². The Bertz CT molecular complexity index is 875. The van der Waals surface area contributed by atoms with Crippen molar-refractivity contribution in [3.63, 3.8) is 0 Å². The second-order valence-corrected chi connectivity index (χ2v) is 6.47. The summed E-state index contributed by atoms with van der Waals surface area (Å²) >= 11 is 12.3. The predicted molar refractivity (Wildman–Crippen MR) is 100 cm³/mol. The molecule has 0 atom stereocenters. The SMILES string of the molecule is N#Cc1ccc(CCc2ccc(-c3cc(Cl)ccc3Cl)cc2)cc1. The summed E-state index contributed by atoms with van der Waals surface area (Å²) in [5.41, 5.74) is 5.20. The van der Waals surface area contributed by atoms with E-state index in [9.17, 15) is 0 Å². The maximum atomic E-state index is 8.83. The van der Waals surface area contributed by atoms with Crippen molar-refractivity contribution < 1.29 is 0 Å². The van der Waals surface area contributed by atoms with Gasteiger partial charge in [0.2, 0.25) is 0 Å². The standard InChI is InChI=1S/C21H15Cl2N/c22-19-11-12-21(23)20(13-19)18-9-7-16(8-10-18)2-1-15-3-5-17(14-24)6-4-15/h3-13H,1-2H2. The molecule has 0 spiro atoms. The van der Waals surface area contributed by atoms with Gasteiger partial charge in [0.05, 0.1) is 11.6 Å². The summed E-state index contributed by atoms with van der Waals surface area (Å²) in [6.07, 6.45) is 1.90. The summed E-state index contributed by atoms with van der Waals surface area (Å²) in [6.45, 7) is 0. The van der Waals surface area contributed by atoms with Gasteiger partial charge in [-0.3, -0.25) is 0 Å². The predicted octanol–water partition coefficient (Wildman–Crippen LogP) is 6.32. The number of aryl methyl sites for hydroxylation is 2. The number of nitrogens with zero attached hydrogens (tertiary/aromatic N) is 1. The highest BCUT2D eigenvalue weighted by atomic mass is 35.5. The maximum Gasteiger partial charge on any atom is 0.0991 e. The Labute approximate surface area is 152 Å². The van der Waals surface area contributed by atoms with Gasteiger partial charge >= 0.3 is 0 Å². The van der Waals surface area contributed by atoms with Gasteiger partial charge in [0.15, 0.2) is 0 Å². The van der Waals surface area contributed by atoms with Crippen LogP contribution in [-0.2, 0) is 12.8 Å². The van der Waals surface area contributed by atoms with E-state index in [0.717, 1.165) is 24.0 Å². The molecule has 118 valence electrons. The first kappa shape index (κ1) is 16.6. The van der Waals surface area contributed by atoms with Crippen LogP contribution in [-0.4, -0.2) is 0 Å². The smallest absolute Gasteiger partial charge is 0.0991 e. The van der Waals surface area contributed by atoms with Gasteiger partial charge in [-0.1, -0.05) is 59.6 Å². The third-order valence-corrected chi connectivity index (χ3v) is 4.54. The first-order chi connectivity index (χ1) is 11.7. The first-order valence-corrected chi connectivity index (χ1v) is 8.45. The van der Waals surface area contributed by atoms with Crippen molar-refractivity contribution in [1.29, 1.82) is 5.26 Å². The van der Waals surface area contributed by atoms with Crippen LogP contribution < -0.4 is 0 Å². The Kier molecular flexibility index (Phi) is 5.20. The average molecular weight is 352 g/mol. The Balaban J connectivity index is 1.70. The third-order valence-electron chi connectivity index (χ3n) is 3.98. The molecule has 0 radical (unpaired) electrons. The lowest BCUT2D eigenvalue weighted by molar-refractivity contribution is 0.960. The van der Waals surface area contributed by atoms with E-state index < -0.39 is 0 Å². The molecule has 0 aliphatic carbocycles. The van der Waals surface area contributed by atoms with Crippen molar-refractivity contribution in [2.24, 2.45) is 0 Å². The highest BCUT2D eigenvalue weighted by Crippen LogP contribution is 2.30. The quantitative estimate of drug-likeness (QED) is 0.539. The lowest BCUT2D eigenvalue weighted by Crippen LogP contribution is -1.92. The summed E-state index contributed by atoms with van der Waals surface area (Å²) in [6, 6.07) is 23.8. The Morgan fingerprint density at radius 3 is 1.92 bits per heavy atom. The Morgan fingerprint density at radius 2 is 1.33 bits per heavy atom. The summed E-state index contributed by atoms with van der Waals surface area (Å²) < 4.78 is 0. The van der Waals surface area contributed by atoms with Crippen molar-refractivity contribution in [3.8, 4) is 17.2 Å². The van der Waals surface area contributed by atoms with E-state index in [1.54, 1.807) is 6.07 Å². The highest BCUT2D eigenvalue weighted by molar-refractivity contribution is 6.35. The van der Waals surface area contributed by atoms with Gasteiger partial charge < -0.3 is 0 Å². The van der Waals surface area contributed by atoms with Gasteiger partial charge in [-0.15, -0.1) is 0 Å². The van der Waals surface area contributed by atoms with Crippen LogP contribution in [0.25, 0.3) is 11.1 Å². The highest BCUT2D eigenvalue weighted by Gasteiger charge is 2.05. The largest absolute Gasteiger partial charge is 0.192 e. The number of benzene rings is 3. The van der Waals surface area contributed by atoms with Gasteiger partial charge in [0, 0.05) is 15.6 Å². The molecule has 24 heavy (non-hydrogen) atoms. The molecule has 0 unspecified atom stereocenters. The molecule has 0 bridgehead atoms. The van der Waals surface area contributed by atoms with Crippen LogP contribution in [0.3, 0.4) is 0 Å². The van der Waals surface area contributed by atoms with Crippen LogP contribution >= 0.6 is 23.2 Å². The monoisotopic (exact) mass is 351 g/mol. The normalized spacial score (nSPS) is 10.4. The van der Waals surface area contributed by atoms with Gasteiger partial charge in [0.25, 0.3) is 0 Å². The summed E-state index contributed by atoms with van der Waals surface area (Å²) in [5.74, 6) is 0. The molecule has 1 nitrogen and oxygen atoms in total. The van der Waals surface area contributed by atoms with Crippen LogP contribution in [0.1, 0.15) is 16.7 Å². The third kappa shape index (κ3) is 3.97. The van der Waals surface area contributed by atoms with Crippen LogP contribution in [0, 0.1) is 11.3 Å². The molecule has 3 aromatic rings.